The standard InChI is InChI=1S/C14H16N4O2/c19-14(15-6-5-13-17-9-20-18-13)12-7-10-3-1-2-4-11(10)8-16-12/h1-4,9,12,16H,5-8H2,(H,15,19)/t12-/m1/s1. The van der Waals surface area contributed by atoms with Crippen molar-refractivity contribution < 1.29 is 9.32 Å². The van der Waals surface area contributed by atoms with E-state index in [2.05, 4.69) is 37.4 Å². The van der Waals surface area contributed by atoms with Crippen LogP contribution in [0.3, 0.4) is 0 Å². The Morgan fingerprint density at radius 3 is 3.05 bits per heavy atom. The third-order valence-electron chi connectivity index (χ3n) is 3.45. The van der Waals surface area contributed by atoms with Gasteiger partial charge in [0.25, 0.3) is 0 Å². The normalized spacial score (nSPS) is 17.5. The molecule has 0 bridgehead atoms. The number of carbonyl (C=O) groups excluding carboxylic acids is 1. The molecule has 1 atom stereocenters. The van der Waals surface area contributed by atoms with Crippen molar-refractivity contribution in [3.8, 4) is 0 Å². The number of rotatable bonds is 4. The Hall–Kier alpha value is -2.21. The molecule has 1 aliphatic rings. The minimum Gasteiger partial charge on any atom is -0.354 e. The van der Waals surface area contributed by atoms with Gasteiger partial charge in [-0.1, -0.05) is 29.4 Å². The number of nitrogens with zero attached hydrogens (tertiary/aromatic N) is 2. The first-order valence-corrected chi connectivity index (χ1v) is 6.66. The van der Waals surface area contributed by atoms with Gasteiger partial charge in [-0.05, 0) is 17.5 Å². The first-order chi connectivity index (χ1) is 9.83. The number of hydrogen-bond acceptors (Lipinski definition) is 5. The van der Waals surface area contributed by atoms with Gasteiger partial charge in [0.15, 0.2) is 5.82 Å². The zero-order valence-corrected chi connectivity index (χ0v) is 11.0. The van der Waals surface area contributed by atoms with Crippen LogP contribution in [0.4, 0.5) is 0 Å². The molecule has 0 radical (unpaired) electrons. The van der Waals surface area contributed by atoms with E-state index in [9.17, 15) is 4.79 Å². The quantitative estimate of drug-likeness (QED) is 0.844. The van der Waals surface area contributed by atoms with Crippen LogP contribution in [0, 0.1) is 0 Å². The van der Waals surface area contributed by atoms with Crippen molar-refractivity contribution in [2.45, 2.75) is 25.4 Å². The fourth-order valence-corrected chi connectivity index (χ4v) is 2.36. The molecule has 0 saturated heterocycles. The van der Waals surface area contributed by atoms with E-state index in [1.54, 1.807) is 0 Å². The maximum atomic E-state index is 12.1. The van der Waals surface area contributed by atoms with Crippen LogP contribution >= 0.6 is 0 Å². The largest absolute Gasteiger partial charge is 0.354 e. The number of carbonyl (C=O) groups is 1. The molecule has 20 heavy (non-hydrogen) atoms. The van der Waals surface area contributed by atoms with E-state index in [-0.39, 0.29) is 11.9 Å². The molecule has 0 spiro atoms. The number of benzene rings is 1. The first-order valence-electron chi connectivity index (χ1n) is 6.66. The molecule has 3 rings (SSSR count). The summed E-state index contributed by atoms with van der Waals surface area (Å²) in [6, 6.07) is 8.03. The molecule has 1 amide bonds. The van der Waals surface area contributed by atoms with E-state index < -0.39 is 0 Å². The van der Waals surface area contributed by atoms with Crippen LogP contribution in [0.15, 0.2) is 35.2 Å². The summed E-state index contributed by atoms with van der Waals surface area (Å²) < 4.78 is 4.64. The number of nitrogens with one attached hydrogen (secondary N) is 2. The van der Waals surface area contributed by atoms with Gasteiger partial charge in [-0.2, -0.15) is 4.98 Å². The zero-order chi connectivity index (χ0) is 13.8. The van der Waals surface area contributed by atoms with Gasteiger partial charge in [0.1, 0.15) is 0 Å². The zero-order valence-electron chi connectivity index (χ0n) is 11.0. The van der Waals surface area contributed by atoms with Crippen molar-refractivity contribution >= 4 is 5.91 Å². The fraction of sp³-hybridized carbons (Fsp3) is 0.357. The highest BCUT2D eigenvalue weighted by molar-refractivity contribution is 5.82. The summed E-state index contributed by atoms with van der Waals surface area (Å²) in [5.74, 6) is 0.621. The van der Waals surface area contributed by atoms with Crippen LogP contribution in [0.1, 0.15) is 17.0 Å². The van der Waals surface area contributed by atoms with E-state index in [0.717, 1.165) is 13.0 Å². The van der Waals surface area contributed by atoms with E-state index in [0.29, 0.717) is 18.8 Å². The first kappa shape index (κ1) is 12.8. The van der Waals surface area contributed by atoms with Crippen molar-refractivity contribution in [2.75, 3.05) is 6.54 Å². The van der Waals surface area contributed by atoms with Gasteiger partial charge < -0.3 is 15.2 Å². The fourth-order valence-electron chi connectivity index (χ4n) is 2.36. The van der Waals surface area contributed by atoms with Crippen molar-refractivity contribution in [1.82, 2.24) is 20.8 Å². The Kier molecular flexibility index (Phi) is 3.73. The molecule has 0 aliphatic carbocycles. The van der Waals surface area contributed by atoms with Crippen molar-refractivity contribution in [2.24, 2.45) is 0 Å². The molecule has 6 heteroatoms. The van der Waals surface area contributed by atoms with Crippen LogP contribution in [0.5, 0.6) is 0 Å². The predicted molar refractivity (Wildman–Crippen MR) is 71.8 cm³/mol. The predicted octanol–water partition coefficient (Wildman–Crippen LogP) is 0.443. The summed E-state index contributed by atoms with van der Waals surface area (Å²) in [6.07, 6.45) is 2.59. The number of hydrogen-bond donors (Lipinski definition) is 2. The lowest BCUT2D eigenvalue weighted by Crippen LogP contribution is -2.48. The third-order valence-corrected chi connectivity index (χ3v) is 3.45. The molecule has 104 valence electrons. The topological polar surface area (TPSA) is 80.1 Å². The molecule has 0 fully saturated rings. The van der Waals surface area contributed by atoms with Gasteiger partial charge in [-0.25, -0.2) is 0 Å². The van der Waals surface area contributed by atoms with Crippen molar-refractivity contribution in [3.63, 3.8) is 0 Å². The molecule has 0 unspecified atom stereocenters. The Bertz CT molecular complexity index is 583. The average Bonchev–Trinajstić information content (AvgIpc) is 3.00. The molecule has 0 saturated carbocycles. The van der Waals surface area contributed by atoms with E-state index in [1.165, 1.54) is 17.5 Å². The van der Waals surface area contributed by atoms with E-state index in [1.807, 2.05) is 12.1 Å². The maximum absolute atomic E-state index is 12.1. The number of fused-ring (bicyclic) bond motifs is 1. The molecule has 2 heterocycles. The SMILES string of the molecule is O=C(NCCc1ncon1)[C@H]1Cc2ccccc2CN1. The van der Waals surface area contributed by atoms with Gasteiger partial charge in [0.2, 0.25) is 12.3 Å². The van der Waals surface area contributed by atoms with E-state index >= 15 is 0 Å². The summed E-state index contributed by atoms with van der Waals surface area (Å²) >= 11 is 0. The molecular weight excluding hydrogens is 256 g/mol. The second-order valence-corrected chi connectivity index (χ2v) is 4.79. The molecule has 6 nitrogen and oxygen atoms in total. The molecule has 2 N–H and O–H groups in total. The van der Waals surface area contributed by atoms with Crippen LogP contribution in [-0.4, -0.2) is 28.6 Å². The minimum absolute atomic E-state index is 0.0167. The van der Waals surface area contributed by atoms with Crippen molar-refractivity contribution in [1.29, 1.82) is 0 Å². The highest BCUT2D eigenvalue weighted by Crippen LogP contribution is 2.16. The lowest BCUT2D eigenvalue weighted by molar-refractivity contribution is -0.123. The minimum atomic E-state index is -0.171. The smallest absolute Gasteiger partial charge is 0.237 e. The summed E-state index contributed by atoms with van der Waals surface area (Å²) in [5.41, 5.74) is 2.51. The highest BCUT2D eigenvalue weighted by Gasteiger charge is 2.23. The van der Waals surface area contributed by atoms with Crippen LogP contribution < -0.4 is 10.6 Å². The summed E-state index contributed by atoms with van der Waals surface area (Å²) in [6.45, 7) is 1.25. The average molecular weight is 272 g/mol. The number of aromatic nitrogens is 2. The maximum Gasteiger partial charge on any atom is 0.237 e. The second-order valence-electron chi connectivity index (χ2n) is 4.79. The van der Waals surface area contributed by atoms with Crippen LogP contribution in [0.2, 0.25) is 0 Å². The Morgan fingerprint density at radius 1 is 1.40 bits per heavy atom. The van der Waals surface area contributed by atoms with Gasteiger partial charge in [0, 0.05) is 19.5 Å². The number of amides is 1. The summed E-state index contributed by atoms with van der Waals surface area (Å²) in [7, 11) is 0. The van der Waals surface area contributed by atoms with E-state index in [4.69, 9.17) is 0 Å². The monoisotopic (exact) mass is 272 g/mol. The summed E-state index contributed by atoms with van der Waals surface area (Å²) in [4.78, 5) is 16.0. The Labute approximate surface area is 116 Å². The van der Waals surface area contributed by atoms with Crippen molar-refractivity contribution in [3.05, 3.63) is 47.6 Å². The van der Waals surface area contributed by atoms with Gasteiger partial charge in [-0.3, -0.25) is 4.79 Å². The molecular formula is C14H16N4O2. The molecule has 1 aromatic heterocycles. The molecule has 1 aliphatic heterocycles. The summed E-state index contributed by atoms with van der Waals surface area (Å²) in [5, 5.41) is 9.86. The van der Waals surface area contributed by atoms with Gasteiger partial charge in [0.05, 0.1) is 6.04 Å². The van der Waals surface area contributed by atoms with Gasteiger partial charge in [-0.15, -0.1) is 0 Å². The van der Waals surface area contributed by atoms with Gasteiger partial charge >= 0.3 is 0 Å². The highest BCUT2D eigenvalue weighted by atomic mass is 16.5. The van der Waals surface area contributed by atoms with Crippen LogP contribution in [-0.2, 0) is 24.2 Å². The second kappa shape index (κ2) is 5.83. The lowest BCUT2D eigenvalue weighted by atomic mass is 9.95. The molecule has 1 aromatic carbocycles. The lowest BCUT2D eigenvalue weighted by Gasteiger charge is -2.25. The Balaban J connectivity index is 1.51. The Morgan fingerprint density at radius 2 is 2.25 bits per heavy atom. The molecule has 2 aromatic rings. The van der Waals surface area contributed by atoms with Crippen LogP contribution in [0.25, 0.3) is 0 Å². The third kappa shape index (κ3) is 2.85.